The van der Waals surface area contributed by atoms with Gasteiger partial charge in [0.15, 0.2) is 11.5 Å². The zero-order chi connectivity index (χ0) is 19.1. The van der Waals surface area contributed by atoms with Crippen LogP contribution >= 0.6 is 23.4 Å². The second-order valence-corrected chi connectivity index (χ2v) is 7.76. The number of nitriles is 1. The molecule has 5 heteroatoms. The monoisotopic (exact) mass is 389 g/mol. The molecule has 0 aliphatic heterocycles. The highest BCUT2D eigenvalue weighted by Crippen LogP contribution is 2.43. The summed E-state index contributed by atoms with van der Waals surface area (Å²) in [7, 11) is 3.25. The highest BCUT2D eigenvalue weighted by Gasteiger charge is 2.23. The van der Waals surface area contributed by atoms with Gasteiger partial charge in [0.2, 0.25) is 0 Å². The van der Waals surface area contributed by atoms with E-state index in [2.05, 4.69) is 32.0 Å². The third-order valence-electron chi connectivity index (χ3n) is 4.18. The fourth-order valence-corrected chi connectivity index (χ4v) is 3.85. The molecule has 138 valence electrons. The Labute approximate surface area is 165 Å². The van der Waals surface area contributed by atoms with Crippen molar-refractivity contribution in [3.63, 3.8) is 0 Å². The molecule has 0 amide bonds. The summed E-state index contributed by atoms with van der Waals surface area (Å²) in [6.45, 7) is 4.14. The van der Waals surface area contributed by atoms with Gasteiger partial charge in [0.1, 0.15) is 5.25 Å². The molecule has 0 aromatic heterocycles. The second kappa shape index (κ2) is 9.75. The summed E-state index contributed by atoms with van der Waals surface area (Å²) in [6.07, 6.45) is 0.728. The molecular formula is C21H24ClNO2S. The van der Waals surface area contributed by atoms with Crippen LogP contribution in [0.25, 0.3) is 0 Å². The summed E-state index contributed by atoms with van der Waals surface area (Å²) >= 11 is 7.58. The van der Waals surface area contributed by atoms with E-state index in [0.29, 0.717) is 17.4 Å². The van der Waals surface area contributed by atoms with Crippen molar-refractivity contribution < 1.29 is 9.47 Å². The maximum absolute atomic E-state index is 9.83. The summed E-state index contributed by atoms with van der Waals surface area (Å²) in [5.74, 6) is 2.17. The van der Waals surface area contributed by atoms with Gasteiger partial charge in [-0.25, -0.2) is 0 Å². The molecule has 0 aliphatic carbocycles. The Morgan fingerprint density at radius 1 is 1.12 bits per heavy atom. The summed E-state index contributed by atoms with van der Waals surface area (Å²) < 4.78 is 11.1. The summed E-state index contributed by atoms with van der Waals surface area (Å²) in [4.78, 5) is 1.06. The van der Waals surface area contributed by atoms with Crippen molar-refractivity contribution in [1.82, 2.24) is 0 Å². The average Bonchev–Trinajstić information content (AvgIpc) is 2.67. The van der Waals surface area contributed by atoms with Crippen LogP contribution in [0.4, 0.5) is 0 Å². The van der Waals surface area contributed by atoms with Crippen LogP contribution in [0.15, 0.2) is 41.3 Å². The van der Waals surface area contributed by atoms with E-state index in [9.17, 15) is 5.26 Å². The minimum Gasteiger partial charge on any atom is -0.493 e. The van der Waals surface area contributed by atoms with Crippen molar-refractivity contribution in [2.24, 2.45) is 5.92 Å². The highest BCUT2D eigenvalue weighted by atomic mass is 35.5. The van der Waals surface area contributed by atoms with E-state index in [4.69, 9.17) is 21.1 Å². The summed E-state index contributed by atoms with van der Waals surface area (Å²) in [5.41, 5.74) is 3.14. The maximum atomic E-state index is 9.83. The second-order valence-electron chi connectivity index (χ2n) is 6.27. The lowest BCUT2D eigenvalue weighted by Crippen LogP contribution is -2.09. The van der Waals surface area contributed by atoms with Crippen molar-refractivity contribution >= 4 is 23.4 Å². The van der Waals surface area contributed by atoms with Crippen LogP contribution < -0.4 is 9.47 Å². The van der Waals surface area contributed by atoms with Crippen molar-refractivity contribution in [3.05, 3.63) is 53.1 Å². The predicted octanol–water partition coefficient (Wildman–Crippen LogP) is 5.79. The van der Waals surface area contributed by atoms with Gasteiger partial charge in [0.05, 0.1) is 20.3 Å². The minimum absolute atomic E-state index is 0.264. The first kappa shape index (κ1) is 20.5. The molecule has 0 N–H and O–H groups in total. The molecule has 2 unspecified atom stereocenters. The molecule has 0 heterocycles. The van der Waals surface area contributed by atoms with Gasteiger partial charge in [0, 0.05) is 16.3 Å². The van der Waals surface area contributed by atoms with E-state index in [0.717, 1.165) is 22.4 Å². The van der Waals surface area contributed by atoms with Crippen molar-refractivity contribution in [2.45, 2.75) is 30.4 Å². The first-order valence-electron chi connectivity index (χ1n) is 8.46. The fourth-order valence-electron chi connectivity index (χ4n) is 2.78. The van der Waals surface area contributed by atoms with Gasteiger partial charge in [-0.15, -0.1) is 23.4 Å². The zero-order valence-electron chi connectivity index (χ0n) is 15.6. The smallest absolute Gasteiger partial charge is 0.164 e. The number of aryl methyl sites for hydroxylation is 1. The summed E-state index contributed by atoms with van der Waals surface area (Å²) in [5, 5.41) is 9.49. The molecular weight excluding hydrogens is 366 g/mol. The Kier molecular flexibility index (Phi) is 7.68. The van der Waals surface area contributed by atoms with Crippen molar-refractivity contribution in [3.8, 4) is 17.6 Å². The number of thioether (sulfide) groups is 1. The van der Waals surface area contributed by atoms with Gasteiger partial charge in [-0.1, -0.05) is 30.7 Å². The van der Waals surface area contributed by atoms with E-state index in [1.54, 1.807) is 26.0 Å². The van der Waals surface area contributed by atoms with Crippen LogP contribution in [0, 0.1) is 24.2 Å². The van der Waals surface area contributed by atoms with E-state index in [1.807, 2.05) is 24.3 Å². The predicted molar refractivity (Wildman–Crippen MR) is 109 cm³/mol. The van der Waals surface area contributed by atoms with Gasteiger partial charge in [-0.3, -0.25) is 0 Å². The Morgan fingerprint density at radius 2 is 1.81 bits per heavy atom. The highest BCUT2D eigenvalue weighted by molar-refractivity contribution is 7.99. The third kappa shape index (κ3) is 4.87. The molecule has 0 aliphatic rings. The summed E-state index contributed by atoms with van der Waals surface area (Å²) in [6, 6.07) is 14.5. The molecule has 2 aromatic rings. The standard InChI is InChI=1S/C21H24ClNO2S/c1-14-5-7-16(8-6-14)26-20(13-23)17-9-10-19(24-3)21(25-4)18(17)11-15(2)12-22/h5-10,15,20H,11-12H2,1-4H3. The van der Waals surface area contributed by atoms with Crippen LogP contribution in [0.5, 0.6) is 11.5 Å². The number of halogens is 1. The first-order valence-corrected chi connectivity index (χ1v) is 9.88. The Bertz CT molecular complexity index is 771. The molecule has 26 heavy (non-hydrogen) atoms. The van der Waals surface area contributed by atoms with E-state index >= 15 is 0 Å². The van der Waals surface area contributed by atoms with Gasteiger partial charge < -0.3 is 9.47 Å². The van der Waals surface area contributed by atoms with Crippen molar-refractivity contribution in [1.29, 1.82) is 5.26 Å². The van der Waals surface area contributed by atoms with Crippen molar-refractivity contribution in [2.75, 3.05) is 20.1 Å². The Balaban J connectivity index is 2.47. The topological polar surface area (TPSA) is 42.2 Å². The number of nitrogens with zero attached hydrogens (tertiary/aromatic N) is 1. The number of hydrogen-bond acceptors (Lipinski definition) is 4. The van der Waals surface area contributed by atoms with Crippen LogP contribution in [0.1, 0.15) is 28.9 Å². The van der Waals surface area contributed by atoms with Gasteiger partial charge in [-0.2, -0.15) is 5.26 Å². The quantitative estimate of drug-likeness (QED) is 0.423. The molecule has 2 aromatic carbocycles. The largest absolute Gasteiger partial charge is 0.493 e. The number of alkyl halides is 1. The minimum atomic E-state index is -0.338. The number of benzene rings is 2. The SMILES string of the molecule is COc1ccc(C(C#N)Sc2ccc(C)cc2)c(CC(C)CCl)c1OC. The van der Waals surface area contributed by atoms with E-state index < -0.39 is 0 Å². The molecule has 0 saturated carbocycles. The number of rotatable bonds is 8. The van der Waals surface area contributed by atoms with Crippen LogP contribution in [-0.4, -0.2) is 20.1 Å². The van der Waals surface area contributed by atoms with Crippen LogP contribution in [0.3, 0.4) is 0 Å². The molecule has 2 rings (SSSR count). The average molecular weight is 390 g/mol. The molecule has 0 radical (unpaired) electrons. The lowest BCUT2D eigenvalue weighted by molar-refractivity contribution is 0.349. The molecule has 0 bridgehead atoms. The maximum Gasteiger partial charge on any atom is 0.164 e. The Morgan fingerprint density at radius 3 is 2.35 bits per heavy atom. The van der Waals surface area contributed by atoms with Gasteiger partial charge >= 0.3 is 0 Å². The van der Waals surface area contributed by atoms with Crippen LogP contribution in [0.2, 0.25) is 0 Å². The van der Waals surface area contributed by atoms with E-state index in [-0.39, 0.29) is 11.2 Å². The number of methoxy groups -OCH3 is 2. The van der Waals surface area contributed by atoms with Crippen LogP contribution in [-0.2, 0) is 6.42 Å². The lowest BCUT2D eigenvalue weighted by Gasteiger charge is -2.21. The number of hydrogen-bond donors (Lipinski definition) is 0. The Hall–Kier alpha value is -1.83. The van der Waals surface area contributed by atoms with Gasteiger partial charge in [-0.05, 0) is 43.0 Å². The fraction of sp³-hybridized carbons (Fsp3) is 0.381. The molecule has 0 fully saturated rings. The molecule has 2 atom stereocenters. The molecule has 3 nitrogen and oxygen atoms in total. The van der Waals surface area contributed by atoms with E-state index in [1.165, 1.54) is 5.56 Å². The first-order chi connectivity index (χ1) is 12.5. The van der Waals surface area contributed by atoms with Gasteiger partial charge in [0.25, 0.3) is 0 Å². The normalized spacial score (nSPS) is 12.9. The molecule has 0 spiro atoms. The zero-order valence-corrected chi connectivity index (χ0v) is 17.2. The lowest BCUT2D eigenvalue weighted by atomic mass is 9.94. The number of ether oxygens (including phenoxy) is 2. The molecule has 0 saturated heterocycles. The third-order valence-corrected chi connectivity index (χ3v) is 5.84.